The predicted molar refractivity (Wildman–Crippen MR) is 120 cm³/mol. The smallest absolute Gasteiger partial charge is 0.230 e. The summed E-state index contributed by atoms with van der Waals surface area (Å²) in [5.74, 6) is 7.62. The molecule has 158 valence electrons. The Hall–Kier alpha value is -3.00. The van der Waals surface area contributed by atoms with Gasteiger partial charge in [-0.2, -0.15) is 0 Å². The van der Waals surface area contributed by atoms with Crippen molar-refractivity contribution in [2.75, 3.05) is 18.7 Å². The van der Waals surface area contributed by atoms with E-state index < -0.39 is 0 Å². The van der Waals surface area contributed by atoms with Crippen LogP contribution in [0, 0.1) is 0 Å². The summed E-state index contributed by atoms with van der Waals surface area (Å²) in [6.07, 6.45) is 0. The summed E-state index contributed by atoms with van der Waals surface area (Å²) in [6.45, 7) is 6.95. The molecule has 0 bridgehead atoms. The number of nitrogens with zero attached hydrogens (tertiary/aromatic N) is 3. The Morgan fingerprint density at radius 3 is 2.37 bits per heavy atom. The molecule has 2 aromatic carbocycles. The van der Waals surface area contributed by atoms with E-state index in [4.69, 9.17) is 10.6 Å². The molecular formula is C22H27N5O2S. The lowest BCUT2D eigenvalue weighted by molar-refractivity contribution is -0.118. The van der Waals surface area contributed by atoms with Gasteiger partial charge in [-0.3, -0.25) is 4.79 Å². The van der Waals surface area contributed by atoms with Crippen molar-refractivity contribution in [1.29, 1.82) is 0 Å². The Labute approximate surface area is 181 Å². The monoisotopic (exact) mass is 425 g/mol. The molecule has 3 rings (SSSR count). The maximum atomic E-state index is 12.2. The highest BCUT2D eigenvalue weighted by atomic mass is 32.2. The van der Waals surface area contributed by atoms with Gasteiger partial charge in [0.25, 0.3) is 0 Å². The highest BCUT2D eigenvalue weighted by Crippen LogP contribution is 2.26. The molecule has 0 aliphatic heterocycles. The van der Waals surface area contributed by atoms with Gasteiger partial charge in [0.05, 0.1) is 12.9 Å². The molecule has 0 unspecified atom stereocenters. The molecule has 1 heterocycles. The normalized spacial score (nSPS) is 11.3. The van der Waals surface area contributed by atoms with E-state index in [-0.39, 0.29) is 17.1 Å². The first-order valence-corrected chi connectivity index (χ1v) is 10.6. The number of nitrogen functional groups attached to an aromatic ring is 1. The third-order valence-corrected chi connectivity index (χ3v) is 5.60. The minimum absolute atomic E-state index is 0.0785. The second-order valence-corrected chi connectivity index (χ2v) is 8.86. The Morgan fingerprint density at radius 1 is 1.10 bits per heavy atom. The van der Waals surface area contributed by atoms with Gasteiger partial charge in [-0.15, -0.1) is 10.2 Å². The summed E-state index contributed by atoms with van der Waals surface area (Å²) >= 11 is 1.25. The third kappa shape index (κ3) is 5.33. The summed E-state index contributed by atoms with van der Waals surface area (Å²) < 4.78 is 6.55. The van der Waals surface area contributed by atoms with E-state index in [1.807, 2.05) is 36.4 Å². The molecule has 0 fully saturated rings. The first-order valence-electron chi connectivity index (χ1n) is 9.62. The third-order valence-electron chi connectivity index (χ3n) is 4.65. The lowest BCUT2D eigenvalue weighted by Crippen LogP contribution is -2.25. The van der Waals surface area contributed by atoms with E-state index >= 15 is 0 Å². The lowest BCUT2D eigenvalue weighted by Gasteiger charge is -2.19. The Balaban J connectivity index is 1.56. The molecule has 0 saturated heterocycles. The van der Waals surface area contributed by atoms with E-state index in [0.717, 1.165) is 16.9 Å². The molecule has 3 aromatic rings. The summed E-state index contributed by atoms with van der Waals surface area (Å²) in [5, 5.41) is 11.7. The van der Waals surface area contributed by atoms with Crippen LogP contribution in [0.5, 0.6) is 5.75 Å². The zero-order chi connectivity index (χ0) is 21.7. The number of amides is 1. The number of hydrogen-bond donors (Lipinski definition) is 2. The van der Waals surface area contributed by atoms with Gasteiger partial charge >= 0.3 is 0 Å². The second-order valence-electron chi connectivity index (χ2n) is 7.92. The average Bonchev–Trinajstić information content (AvgIpc) is 3.11. The van der Waals surface area contributed by atoms with Gasteiger partial charge in [0.15, 0.2) is 5.82 Å². The highest BCUT2D eigenvalue weighted by Gasteiger charge is 2.16. The number of ether oxygens (including phenoxy) is 1. The van der Waals surface area contributed by atoms with Gasteiger partial charge in [0.1, 0.15) is 5.75 Å². The number of carbonyl (C=O) groups is 1. The van der Waals surface area contributed by atoms with Gasteiger partial charge in [-0.1, -0.05) is 68.9 Å². The topological polar surface area (TPSA) is 95.1 Å². The fourth-order valence-corrected chi connectivity index (χ4v) is 3.50. The van der Waals surface area contributed by atoms with Crippen LogP contribution in [-0.4, -0.2) is 33.6 Å². The number of rotatable bonds is 7. The summed E-state index contributed by atoms with van der Waals surface area (Å²) in [6, 6.07) is 15.7. The van der Waals surface area contributed by atoms with E-state index in [1.165, 1.54) is 22.0 Å². The number of benzene rings is 2. The maximum absolute atomic E-state index is 12.2. The van der Waals surface area contributed by atoms with Crippen LogP contribution in [-0.2, 0) is 16.8 Å². The zero-order valence-corrected chi connectivity index (χ0v) is 18.5. The number of thioether (sulfide) groups is 1. The average molecular weight is 426 g/mol. The predicted octanol–water partition coefficient (Wildman–Crippen LogP) is 3.37. The molecule has 0 radical (unpaired) electrons. The Bertz CT molecular complexity index is 992. The standard InChI is InChI=1S/C22H27N5O2S/c1-22(2,3)17-9-7-16(8-10-17)20-25-26-21(27(20)23)30-14-19(28)24-13-15-5-11-18(29-4)12-6-15/h5-12H,13-14,23H2,1-4H3,(H,24,28). The van der Waals surface area contributed by atoms with E-state index in [0.29, 0.717) is 17.5 Å². The number of carbonyl (C=O) groups excluding carboxylic acids is 1. The van der Waals surface area contributed by atoms with Crippen molar-refractivity contribution in [3.8, 4) is 17.1 Å². The van der Waals surface area contributed by atoms with E-state index in [9.17, 15) is 4.79 Å². The summed E-state index contributed by atoms with van der Waals surface area (Å²) in [4.78, 5) is 12.2. The minimum atomic E-state index is -0.102. The van der Waals surface area contributed by atoms with Crippen molar-refractivity contribution in [2.45, 2.75) is 37.9 Å². The number of nitrogens with one attached hydrogen (secondary N) is 1. The maximum Gasteiger partial charge on any atom is 0.230 e. The molecule has 0 atom stereocenters. The van der Waals surface area contributed by atoms with Crippen molar-refractivity contribution in [3.05, 3.63) is 59.7 Å². The number of aromatic nitrogens is 3. The Kier molecular flexibility index (Phi) is 6.66. The molecule has 0 aliphatic carbocycles. The van der Waals surface area contributed by atoms with E-state index in [1.54, 1.807) is 7.11 Å². The molecule has 1 amide bonds. The van der Waals surface area contributed by atoms with Crippen molar-refractivity contribution in [1.82, 2.24) is 20.2 Å². The largest absolute Gasteiger partial charge is 0.497 e. The summed E-state index contributed by atoms with van der Waals surface area (Å²) in [5.41, 5.74) is 3.19. The number of methoxy groups -OCH3 is 1. The van der Waals surface area contributed by atoms with Crippen LogP contribution in [0.3, 0.4) is 0 Å². The molecule has 1 aromatic heterocycles. The molecule has 30 heavy (non-hydrogen) atoms. The van der Waals surface area contributed by atoms with Crippen LogP contribution in [0.4, 0.5) is 0 Å². The second kappa shape index (κ2) is 9.21. The Morgan fingerprint density at radius 2 is 1.77 bits per heavy atom. The van der Waals surface area contributed by atoms with Crippen LogP contribution in [0.15, 0.2) is 53.7 Å². The molecule has 3 N–H and O–H groups in total. The number of hydrogen-bond acceptors (Lipinski definition) is 6. The van der Waals surface area contributed by atoms with Gasteiger partial charge in [0.2, 0.25) is 11.1 Å². The van der Waals surface area contributed by atoms with E-state index in [2.05, 4.69) is 48.4 Å². The molecule has 0 saturated carbocycles. The summed E-state index contributed by atoms with van der Waals surface area (Å²) in [7, 11) is 1.62. The van der Waals surface area contributed by atoms with Crippen LogP contribution < -0.4 is 15.9 Å². The lowest BCUT2D eigenvalue weighted by atomic mass is 9.87. The molecule has 0 spiro atoms. The van der Waals surface area contributed by atoms with Gasteiger partial charge in [-0.05, 0) is 28.7 Å². The van der Waals surface area contributed by atoms with Crippen molar-refractivity contribution in [3.63, 3.8) is 0 Å². The number of nitrogens with two attached hydrogens (primary N) is 1. The van der Waals surface area contributed by atoms with Crippen LogP contribution in [0.25, 0.3) is 11.4 Å². The fraction of sp³-hybridized carbons (Fsp3) is 0.318. The van der Waals surface area contributed by atoms with Crippen LogP contribution >= 0.6 is 11.8 Å². The van der Waals surface area contributed by atoms with Gasteiger partial charge in [0, 0.05) is 12.1 Å². The molecular weight excluding hydrogens is 398 g/mol. The quantitative estimate of drug-likeness (QED) is 0.445. The fourth-order valence-electron chi connectivity index (χ4n) is 2.82. The first kappa shape index (κ1) is 21.7. The molecule has 8 heteroatoms. The van der Waals surface area contributed by atoms with Gasteiger partial charge in [-0.25, -0.2) is 4.68 Å². The molecule has 0 aliphatic rings. The zero-order valence-electron chi connectivity index (χ0n) is 17.7. The van der Waals surface area contributed by atoms with Crippen molar-refractivity contribution >= 4 is 17.7 Å². The van der Waals surface area contributed by atoms with Crippen LogP contribution in [0.1, 0.15) is 31.9 Å². The first-order chi connectivity index (χ1) is 14.3. The molecule has 7 nitrogen and oxygen atoms in total. The van der Waals surface area contributed by atoms with Crippen molar-refractivity contribution < 1.29 is 9.53 Å². The van der Waals surface area contributed by atoms with Crippen LogP contribution in [0.2, 0.25) is 0 Å². The SMILES string of the molecule is COc1ccc(CNC(=O)CSc2nnc(-c3ccc(C(C)(C)C)cc3)n2N)cc1. The van der Waals surface area contributed by atoms with Crippen molar-refractivity contribution in [2.24, 2.45) is 0 Å². The highest BCUT2D eigenvalue weighted by molar-refractivity contribution is 7.99. The minimum Gasteiger partial charge on any atom is -0.497 e. The van der Waals surface area contributed by atoms with Gasteiger partial charge < -0.3 is 15.9 Å².